The Bertz CT molecular complexity index is 1040. The number of aromatic nitrogens is 4. The number of hydrogen-bond donors (Lipinski definition) is 1. The molecule has 3 aromatic rings. The lowest BCUT2D eigenvalue weighted by molar-refractivity contribution is 0.415. The fourth-order valence-electron chi connectivity index (χ4n) is 2.71. The molecule has 0 bridgehead atoms. The molecule has 9 heteroatoms. The van der Waals surface area contributed by atoms with Gasteiger partial charge in [0.2, 0.25) is 5.95 Å². The second-order valence-electron chi connectivity index (χ2n) is 5.93. The fourth-order valence-corrected chi connectivity index (χ4v) is 4.37. The first-order valence-corrected chi connectivity index (χ1v) is 9.40. The Kier molecular flexibility index (Phi) is 3.34. The van der Waals surface area contributed by atoms with Gasteiger partial charge in [-0.1, -0.05) is 0 Å². The predicted molar refractivity (Wildman–Crippen MR) is 89.8 cm³/mol. The second kappa shape index (κ2) is 5.30. The third-order valence-corrected chi connectivity index (χ3v) is 6.45. The topological polar surface area (TPSA) is 112 Å². The van der Waals surface area contributed by atoms with Crippen molar-refractivity contribution in [1.29, 1.82) is 0 Å². The van der Waals surface area contributed by atoms with Gasteiger partial charge in [0.15, 0.2) is 21.3 Å². The standard InChI is InChI=1S/C15H17N5O3S/c1-23-9-2-5-11-12(8-9)17-15(16)20-14(11)18-13(19-20)6-7-24(21,22)10-3-4-10/h2,5,8,10H,3-4,6-7H2,1H3,(H2,16,17). The van der Waals surface area contributed by atoms with Crippen LogP contribution in [-0.4, -0.2) is 46.1 Å². The molecule has 1 aliphatic rings. The smallest absolute Gasteiger partial charge is 0.223 e. The molecule has 4 rings (SSSR count). The number of rotatable bonds is 5. The van der Waals surface area contributed by atoms with Gasteiger partial charge in [-0.25, -0.2) is 18.4 Å². The second-order valence-corrected chi connectivity index (χ2v) is 8.33. The van der Waals surface area contributed by atoms with Gasteiger partial charge in [-0.3, -0.25) is 0 Å². The van der Waals surface area contributed by atoms with Gasteiger partial charge < -0.3 is 10.5 Å². The minimum Gasteiger partial charge on any atom is -0.497 e. The quantitative estimate of drug-likeness (QED) is 0.732. The fraction of sp³-hybridized carbons (Fsp3) is 0.400. The van der Waals surface area contributed by atoms with Crippen LogP contribution >= 0.6 is 0 Å². The molecule has 0 amide bonds. The van der Waals surface area contributed by atoms with Gasteiger partial charge in [-0.15, -0.1) is 5.10 Å². The van der Waals surface area contributed by atoms with E-state index in [0.717, 1.165) is 18.2 Å². The molecule has 1 aromatic carbocycles. The number of nitrogens with two attached hydrogens (primary N) is 1. The van der Waals surface area contributed by atoms with Crippen LogP contribution in [0, 0.1) is 0 Å². The molecule has 2 N–H and O–H groups in total. The van der Waals surface area contributed by atoms with Gasteiger partial charge >= 0.3 is 0 Å². The zero-order valence-electron chi connectivity index (χ0n) is 13.1. The number of benzene rings is 1. The summed E-state index contributed by atoms with van der Waals surface area (Å²) in [6, 6.07) is 5.43. The van der Waals surface area contributed by atoms with E-state index in [2.05, 4.69) is 15.1 Å². The van der Waals surface area contributed by atoms with Crippen molar-refractivity contribution in [3.05, 3.63) is 24.0 Å². The van der Waals surface area contributed by atoms with Crippen LogP contribution in [0.4, 0.5) is 5.95 Å². The Labute approximate surface area is 138 Å². The number of aryl methyl sites for hydroxylation is 1. The van der Waals surface area contributed by atoms with Crippen LogP contribution in [0.3, 0.4) is 0 Å². The van der Waals surface area contributed by atoms with E-state index in [1.165, 1.54) is 4.52 Å². The van der Waals surface area contributed by atoms with Crippen molar-refractivity contribution in [2.75, 3.05) is 18.6 Å². The highest BCUT2D eigenvalue weighted by Crippen LogP contribution is 2.29. The molecule has 1 aliphatic carbocycles. The molecule has 0 aliphatic heterocycles. The Balaban J connectivity index is 1.73. The summed E-state index contributed by atoms with van der Waals surface area (Å²) in [6.07, 6.45) is 1.81. The summed E-state index contributed by atoms with van der Waals surface area (Å²) in [7, 11) is -1.46. The maximum Gasteiger partial charge on any atom is 0.223 e. The van der Waals surface area contributed by atoms with Crippen molar-refractivity contribution < 1.29 is 13.2 Å². The van der Waals surface area contributed by atoms with Crippen molar-refractivity contribution in [3.8, 4) is 5.75 Å². The average molecular weight is 347 g/mol. The van der Waals surface area contributed by atoms with Crippen LogP contribution in [0.1, 0.15) is 18.7 Å². The minimum absolute atomic E-state index is 0.0631. The van der Waals surface area contributed by atoms with Gasteiger partial charge in [-0.2, -0.15) is 4.52 Å². The third kappa shape index (κ3) is 2.54. The lowest BCUT2D eigenvalue weighted by atomic mass is 10.2. The van der Waals surface area contributed by atoms with Crippen molar-refractivity contribution in [1.82, 2.24) is 19.6 Å². The molecule has 1 saturated carbocycles. The van der Waals surface area contributed by atoms with Crippen molar-refractivity contribution in [2.45, 2.75) is 24.5 Å². The van der Waals surface area contributed by atoms with E-state index >= 15 is 0 Å². The Morgan fingerprint density at radius 3 is 2.83 bits per heavy atom. The zero-order valence-corrected chi connectivity index (χ0v) is 14.0. The molecule has 0 saturated heterocycles. The summed E-state index contributed by atoms with van der Waals surface area (Å²) in [5, 5.41) is 4.92. The molecule has 0 radical (unpaired) electrons. The van der Waals surface area contributed by atoms with E-state index in [-0.39, 0.29) is 23.4 Å². The van der Waals surface area contributed by atoms with Crippen LogP contribution in [0.15, 0.2) is 18.2 Å². The number of hydrogen-bond acceptors (Lipinski definition) is 7. The number of anilines is 1. The Morgan fingerprint density at radius 1 is 1.33 bits per heavy atom. The molecular formula is C15H17N5O3S. The highest BCUT2D eigenvalue weighted by molar-refractivity contribution is 7.92. The number of nitrogens with zero attached hydrogens (tertiary/aromatic N) is 4. The van der Waals surface area contributed by atoms with Gasteiger partial charge in [0.1, 0.15) is 5.75 Å². The maximum absolute atomic E-state index is 12.0. The molecule has 0 atom stereocenters. The summed E-state index contributed by atoms with van der Waals surface area (Å²) in [5.41, 5.74) is 7.18. The first-order chi connectivity index (χ1) is 11.5. The molecule has 2 heterocycles. The first-order valence-electron chi connectivity index (χ1n) is 7.68. The van der Waals surface area contributed by atoms with Gasteiger partial charge in [0.05, 0.1) is 23.6 Å². The van der Waals surface area contributed by atoms with Crippen LogP contribution in [-0.2, 0) is 16.3 Å². The lowest BCUT2D eigenvalue weighted by Gasteiger charge is -2.04. The zero-order chi connectivity index (χ0) is 16.9. The van der Waals surface area contributed by atoms with Crippen LogP contribution in [0.25, 0.3) is 16.6 Å². The number of ether oxygens (including phenoxy) is 1. The molecule has 126 valence electrons. The predicted octanol–water partition coefficient (Wildman–Crippen LogP) is 0.988. The number of nitrogen functional groups attached to an aromatic ring is 1. The molecular weight excluding hydrogens is 330 g/mol. The molecule has 24 heavy (non-hydrogen) atoms. The summed E-state index contributed by atoms with van der Waals surface area (Å²) >= 11 is 0. The van der Waals surface area contributed by atoms with E-state index in [1.54, 1.807) is 13.2 Å². The van der Waals surface area contributed by atoms with Crippen molar-refractivity contribution in [3.63, 3.8) is 0 Å². The van der Waals surface area contributed by atoms with Crippen LogP contribution in [0.5, 0.6) is 5.75 Å². The monoisotopic (exact) mass is 347 g/mol. The van der Waals surface area contributed by atoms with Crippen LogP contribution in [0.2, 0.25) is 0 Å². The Morgan fingerprint density at radius 2 is 2.12 bits per heavy atom. The average Bonchev–Trinajstić information content (AvgIpc) is 3.33. The summed E-state index contributed by atoms with van der Waals surface area (Å²) in [4.78, 5) is 8.78. The van der Waals surface area contributed by atoms with E-state index < -0.39 is 9.84 Å². The van der Waals surface area contributed by atoms with Crippen molar-refractivity contribution in [2.24, 2.45) is 0 Å². The summed E-state index contributed by atoms with van der Waals surface area (Å²) < 4.78 is 30.7. The van der Waals surface area contributed by atoms with Gasteiger partial charge in [0.25, 0.3) is 0 Å². The normalized spacial score (nSPS) is 15.2. The van der Waals surface area contributed by atoms with Crippen molar-refractivity contribution >= 4 is 32.3 Å². The van der Waals surface area contributed by atoms with E-state index in [0.29, 0.717) is 22.7 Å². The SMILES string of the molecule is COc1ccc2c(c1)nc(N)n1nc(CCS(=O)(=O)C3CC3)nc21. The summed E-state index contributed by atoms with van der Waals surface area (Å²) in [6.45, 7) is 0. The maximum atomic E-state index is 12.0. The largest absolute Gasteiger partial charge is 0.497 e. The minimum atomic E-state index is -3.04. The molecule has 0 unspecified atom stereocenters. The first kappa shape index (κ1) is 15.1. The van der Waals surface area contributed by atoms with E-state index in [4.69, 9.17) is 10.5 Å². The van der Waals surface area contributed by atoms with Gasteiger partial charge in [0, 0.05) is 17.9 Å². The van der Waals surface area contributed by atoms with Crippen LogP contribution < -0.4 is 10.5 Å². The van der Waals surface area contributed by atoms with E-state index in [1.807, 2.05) is 12.1 Å². The summed E-state index contributed by atoms with van der Waals surface area (Å²) in [5.74, 6) is 1.40. The van der Waals surface area contributed by atoms with Gasteiger partial charge in [-0.05, 0) is 25.0 Å². The number of sulfone groups is 1. The number of methoxy groups -OCH3 is 1. The highest BCUT2D eigenvalue weighted by Gasteiger charge is 2.35. The lowest BCUT2D eigenvalue weighted by Crippen LogP contribution is -2.14. The molecule has 2 aromatic heterocycles. The van der Waals surface area contributed by atoms with E-state index in [9.17, 15) is 8.42 Å². The Hall–Kier alpha value is -2.42. The molecule has 0 spiro atoms. The number of fused-ring (bicyclic) bond motifs is 3. The molecule has 8 nitrogen and oxygen atoms in total. The molecule has 1 fully saturated rings. The highest BCUT2D eigenvalue weighted by atomic mass is 32.2. The third-order valence-electron chi connectivity index (χ3n) is 4.19.